The predicted octanol–water partition coefficient (Wildman–Crippen LogP) is 6.05. The predicted molar refractivity (Wildman–Crippen MR) is 131 cm³/mol. The van der Waals surface area contributed by atoms with E-state index in [1.165, 1.54) is 0 Å². The molecule has 0 aliphatic carbocycles. The van der Waals surface area contributed by atoms with Crippen LogP contribution in [-0.2, 0) is 4.79 Å². The third kappa shape index (κ3) is 5.46. The molecule has 0 aliphatic rings. The van der Waals surface area contributed by atoms with E-state index in [2.05, 4.69) is 10.5 Å². The van der Waals surface area contributed by atoms with E-state index in [1.54, 1.807) is 0 Å². The van der Waals surface area contributed by atoms with E-state index < -0.39 is 5.92 Å². The average Bonchev–Trinajstić information content (AvgIpc) is 2.87. The molecule has 1 amide bonds. The molecule has 0 aliphatic heterocycles. The molecule has 0 unspecified atom stereocenters. The minimum Gasteiger partial charge on any atom is -0.272 e. The molecule has 4 aromatic rings. The Morgan fingerprint density at radius 3 is 1.66 bits per heavy atom. The molecular formula is C29H24N2O. The van der Waals surface area contributed by atoms with E-state index in [1.807, 2.05) is 133 Å². The first kappa shape index (κ1) is 21.0. The summed E-state index contributed by atoms with van der Waals surface area (Å²) in [5.74, 6) is -0.625. The molecule has 3 heteroatoms. The number of benzene rings is 4. The van der Waals surface area contributed by atoms with Crippen LogP contribution in [0.5, 0.6) is 0 Å². The number of carbonyl (C=O) groups is 1. The molecule has 32 heavy (non-hydrogen) atoms. The SMILES string of the molecule is O=C(N/N=C(/C=C\c1ccccc1)c1ccccc1)C(c1ccccc1)c1ccccc1. The fraction of sp³-hybridized carbons (Fsp3) is 0.0345. The molecule has 156 valence electrons. The number of hydrogen-bond donors (Lipinski definition) is 1. The van der Waals surface area contributed by atoms with Gasteiger partial charge in [-0.05, 0) is 22.8 Å². The molecule has 0 atom stereocenters. The first-order valence-corrected chi connectivity index (χ1v) is 10.6. The molecule has 3 nitrogen and oxygen atoms in total. The molecule has 1 N–H and O–H groups in total. The van der Waals surface area contributed by atoms with Crippen LogP contribution in [0.4, 0.5) is 0 Å². The largest absolute Gasteiger partial charge is 0.272 e. The highest BCUT2D eigenvalue weighted by molar-refractivity contribution is 6.11. The average molecular weight is 417 g/mol. The monoisotopic (exact) mass is 416 g/mol. The van der Waals surface area contributed by atoms with Crippen LogP contribution in [0.2, 0.25) is 0 Å². The first-order chi connectivity index (χ1) is 15.8. The zero-order valence-corrected chi connectivity index (χ0v) is 17.6. The zero-order valence-electron chi connectivity index (χ0n) is 17.6. The standard InChI is InChI=1S/C29H24N2O/c32-29(28(25-17-9-3-10-18-25)26-19-11-4-12-20-26)31-30-27(24-15-7-2-8-16-24)22-21-23-13-5-1-6-14-23/h1-22,28H,(H,31,32)/b22-21-,30-27-. The van der Waals surface area contributed by atoms with Gasteiger partial charge in [0.2, 0.25) is 0 Å². The number of rotatable bonds is 7. The highest BCUT2D eigenvalue weighted by atomic mass is 16.2. The maximum atomic E-state index is 13.3. The smallest absolute Gasteiger partial charge is 0.252 e. The number of carbonyl (C=O) groups excluding carboxylic acids is 1. The quantitative estimate of drug-likeness (QED) is 0.289. The Bertz CT molecular complexity index is 1150. The van der Waals surface area contributed by atoms with E-state index in [-0.39, 0.29) is 5.91 Å². The van der Waals surface area contributed by atoms with Crippen LogP contribution in [0.3, 0.4) is 0 Å². The maximum Gasteiger partial charge on any atom is 0.252 e. The fourth-order valence-electron chi connectivity index (χ4n) is 3.51. The highest BCUT2D eigenvalue weighted by Gasteiger charge is 2.22. The molecule has 0 heterocycles. The van der Waals surface area contributed by atoms with Gasteiger partial charge in [-0.25, -0.2) is 5.43 Å². The van der Waals surface area contributed by atoms with Crippen molar-refractivity contribution in [3.8, 4) is 0 Å². The summed E-state index contributed by atoms with van der Waals surface area (Å²) in [5.41, 5.74) is 7.33. The lowest BCUT2D eigenvalue weighted by Crippen LogP contribution is -2.27. The normalized spacial score (nSPS) is 11.6. The van der Waals surface area contributed by atoms with Gasteiger partial charge in [-0.1, -0.05) is 127 Å². The Hall–Kier alpha value is -4.24. The molecule has 0 saturated carbocycles. The summed E-state index contributed by atoms with van der Waals surface area (Å²) in [7, 11) is 0. The Labute approximate surface area is 188 Å². The molecule has 0 bridgehead atoms. The van der Waals surface area contributed by atoms with Crippen LogP contribution in [0.15, 0.2) is 133 Å². The van der Waals surface area contributed by atoms with Crippen molar-refractivity contribution in [3.05, 3.63) is 150 Å². The number of nitrogens with zero attached hydrogens (tertiary/aromatic N) is 1. The second-order valence-corrected chi connectivity index (χ2v) is 7.34. The van der Waals surface area contributed by atoms with Gasteiger partial charge in [0, 0.05) is 5.56 Å². The van der Waals surface area contributed by atoms with E-state index in [0.29, 0.717) is 5.71 Å². The van der Waals surface area contributed by atoms with Crippen molar-refractivity contribution in [2.75, 3.05) is 0 Å². The van der Waals surface area contributed by atoms with Gasteiger partial charge in [0.25, 0.3) is 5.91 Å². The third-order valence-electron chi connectivity index (χ3n) is 5.12. The van der Waals surface area contributed by atoms with Crippen molar-refractivity contribution in [2.45, 2.75) is 5.92 Å². The van der Waals surface area contributed by atoms with Crippen molar-refractivity contribution in [1.29, 1.82) is 0 Å². The minimum absolute atomic E-state index is 0.177. The summed E-state index contributed by atoms with van der Waals surface area (Å²) in [4.78, 5) is 13.3. The molecule has 0 aromatic heterocycles. The Kier molecular flexibility index (Phi) is 7.02. The van der Waals surface area contributed by atoms with Crippen LogP contribution in [0, 0.1) is 0 Å². The Balaban J connectivity index is 1.64. The summed E-state index contributed by atoms with van der Waals surface area (Å²) in [6.45, 7) is 0. The molecule has 0 radical (unpaired) electrons. The lowest BCUT2D eigenvalue weighted by Gasteiger charge is -2.16. The van der Waals surface area contributed by atoms with Crippen LogP contribution >= 0.6 is 0 Å². The summed E-state index contributed by atoms with van der Waals surface area (Å²) in [6.07, 6.45) is 3.91. The summed E-state index contributed by atoms with van der Waals surface area (Å²) in [6, 6.07) is 39.4. The van der Waals surface area contributed by atoms with Crippen molar-refractivity contribution in [2.24, 2.45) is 5.10 Å². The second-order valence-electron chi connectivity index (χ2n) is 7.34. The Morgan fingerprint density at radius 1 is 0.656 bits per heavy atom. The summed E-state index contributed by atoms with van der Waals surface area (Å²) >= 11 is 0. The molecule has 4 aromatic carbocycles. The lowest BCUT2D eigenvalue weighted by molar-refractivity contribution is -0.121. The van der Waals surface area contributed by atoms with Gasteiger partial charge in [0.15, 0.2) is 0 Å². The van der Waals surface area contributed by atoms with Gasteiger partial charge in [0.05, 0.1) is 11.6 Å². The topological polar surface area (TPSA) is 41.5 Å². The van der Waals surface area contributed by atoms with E-state index in [9.17, 15) is 4.79 Å². The van der Waals surface area contributed by atoms with Crippen LogP contribution in [-0.4, -0.2) is 11.6 Å². The highest BCUT2D eigenvalue weighted by Crippen LogP contribution is 2.24. The van der Waals surface area contributed by atoms with E-state index in [0.717, 1.165) is 22.3 Å². The van der Waals surface area contributed by atoms with Crippen molar-refractivity contribution in [3.63, 3.8) is 0 Å². The van der Waals surface area contributed by atoms with Crippen LogP contribution in [0.1, 0.15) is 28.2 Å². The van der Waals surface area contributed by atoms with Gasteiger partial charge < -0.3 is 0 Å². The number of amides is 1. The zero-order chi connectivity index (χ0) is 22.0. The Morgan fingerprint density at radius 2 is 1.12 bits per heavy atom. The van der Waals surface area contributed by atoms with Gasteiger partial charge in [-0.2, -0.15) is 5.10 Å². The number of allylic oxidation sites excluding steroid dienone is 1. The summed E-state index contributed by atoms with van der Waals surface area (Å²) < 4.78 is 0. The fourth-order valence-corrected chi connectivity index (χ4v) is 3.51. The molecule has 0 spiro atoms. The van der Waals surface area contributed by atoms with Gasteiger partial charge in [-0.15, -0.1) is 0 Å². The third-order valence-corrected chi connectivity index (χ3v) is 5.12. The van der Waals surface area contributed by atoms with Crippen molar-refractivity contribution >= 4 is 17.7 Å². The molecule has 0 saturated heterocycles. The maximum absolute atomic E-state index is 13.3. The van der Waals surface area contributed by atoms with Crippen molar-refractivity contribution in [1.82, 2.24) is 5.43 Å². The number of nitrogens with one attached hydrogen (secondary N) is 1. The minimum atomic E-state index is -0.448. The van der Waals surface area contributed by atoms with Crippen molar-refractivity contribution < 1.29 is 4.79 Å². The van der Waals surface area contributed by atoms with Gasteiger partial charge in [-0.3, -0.25) is 4.79 Å². The van der Waals surface area contributed by atoms with Gasteiger partial charge >= 0.3 is 0 Å². The molecule has 4 rings (SSSR count). The molecule has 0 fully saturated rings. The van der Waals surface area contributed by atoms with E-state index >= 15 is 0 Å². The number of hydrazone groups is 1. The summed E-state index contributed by atoms with van der Waals surface area (Å²) in [5, 5.41) is 4.51. The number of hydrogen-bond acceptors (Lipinski definition) is 2. The lowest BCUT2D eigenvalue weighted by atomic mass is 9.91. The first-order valence-electron chi connectivity index (χ1n) is 10.6. The van der Waals surface area contributed by atoms with Crippen LogP contribution < -0.4 is 5.43 Å². The van der Waals surface area contributed by atoms with Crippen LogP contribution in [0.25, 0.3) is 6.08 Å². The van der Waals surface area contributed by atoms with Gasteiger partial charge in [0.1, 0.15) is 0 Å². The van der Waals surface area contributed by atoms with E-state index in [4.69, 9.17) is 0 Å². The second kappa shape index (κ2) is 10.7. The molecular weight excluding hydrogens is 392 g/mol.